The number of methoxy groups -OCH3 is 2. The average molecular weight is 511 g/mol. The number of ether oxygens (including phenoxy) is 2. The fourth-order valence-electron chi connectivity index (χ4n) is 3.85. The van der Waals surface area contributed by atoms with Gasteiger partial charge in [-0.05, 0) is 78.9 Å². The number of hydrogen-bond donors (Lipinski definition) is 1. The van der Waals surface area contributed by atoms with E-state index in [1.807, 2.05) is 38.1 Å². The van der Waals surface area contributed by atoms with E-state index < -0.39 is 10.0 Å². The number of carbonyl (C=O) groups excluding carboxylic acids is 1. The molecule has 0 saturated heterocycles. The highest BCUT2D eigenvalue weighted by molar-refractivity contribution is 7.92. The molecule has 0 unspecified atom stereocenters. The van der Waals surface area contributed by atoms with Crippen LogP contribution in [0.25, 0.3) is 10.1 Å². The molecule has 35 heavy (non-hydrogen) atoms. The molecule has 4 rings (SSSR count). The highest BCUT2D eigenvalue weighted by Crippen LogP contribution is 2.34. The molecule has 3 aromatic carbocycles. The van der Waals surface area contributed by atoms with Crippen molar-refractivity contribution >= 4 is 48.7 Å². The molecule has 1 aromatic heterocycles. The van der Waals surface area contributed by atoms with E-state index in [9.17, 15) is 13.2 Å². The first-order valence-electron chi connectivity index (χ1n) is 10.8. The average Bonchev–Trinajstić information content (AvgIpc) is 3.26. The molecule has 0 atom stereocenters. The van der Waals surface area contributed by atoms with Crippen molar-refractivity contribution in [1.29, 1.82) is 0 Å². The Morgan fingerprint density at radius 1 is 0.886 bits per heavy atom. The van der Waals surface area contributed by atoms with Gasteiger partial charge in [-0.1, -0.05) is 6.07 Å². The standard InChI is InChI=1S/C26H26N2O5S2/c1-16-10-17(2)12-19(11-16)27-26(29)25-14-18-13-20(6-9-24(18)34-25)28(3)35(30,31)21-7-8-22(32-4)23(15-21)33-5/h6-15H,1-5H3,(H,27,29). The van der Waals surface area contributed by atoms with Crippen LogP contribution in [0.15, 0.2) is 65.6 Å². The van der Waals surface area contributed by atoms with Gasteiger partial charge in [0.2, 0.25) is 0 Å². The zero-order chi connectivity index (χ0) is 25.3. The predicted octanol–water partition coefficient (Wildman–Crippen LogP) is 5.61. The fraction of sp³-hybridized carbons (Fsp3) is 0.192. The van der Waals surface area contributed by atoms with E-state index >= 15 is 0 Å². The summed E-state index contributed by atoms with van der Waals surface area (Å²) in [6.07, 6.45) is 0. The van der Waals surface area contributed by atoms with Crippen molar-refractivity contribution in [2.75, 3.05) is 30.9 Å². The normalized spacial score (nSPS) is 11.3. The molecule has 0 saturated carbocycles. The number of sulfonamides is 1. The number of anilines is 2. The van der Waals surface area contributed by atoms with E-state index in [2.05, 4.69) is 5.32 Å². The van der Waals surface area contributed by atoms with Gasteiger partial charge >= 0.3 is 0 Å². The number of hydrogen-bond acceptors (Lipinski definition) is 6. The number of nitrogens with one attached hydrogen (secondary N) is 1. The van der Waals surface area contributed by atoms with Crippen LogP contribution < -0.4 is 19.1 Å². The number of benzene rings is 3. The summed E-state index contributed by atoms with van der Waals surface area (Å²) in [6, 6.07) is 17.4. The van der Waals surface area contributed by atoms with Gasteiger partial charge in [-0.15, -0.1) is 11.3 Å². The minimum absolute atomic E-state index is 0.0802. The van der Waals surface area contributed by atoms with Gasteiger partial charge < -0.3 is 14.8 Å². The SMILES string of the molecule is COc1ccc(S(=O)(=O)N(C)c2ccc3sc(C(=O)Nc4cc(C)cc(C)c4)cc3c2)cc1OC. The Labute approximate surface area is 209 Å². The van der Waals surface area contributed by atoms with Crippen LogP contribution in [0.5, 0.6) is 11.5 Å². The molecular formula is C26H26N2O5S2. The summed E-state index contributed by atoms with van der Waals surface area (Å²) in [5.74, 6) is 0.569. The van der Waals surface area contributed by atoms with Crippen molar-refractivity contribution in [3.63, 3.8) is 0 Å². The highest BCUT2D eigenvalue weighted by atomic mass is 32.2. The number of carbonyl (C=O) groups is 1. The van der Waals surface area contributed by atoms with Crippen LogP contribution in [0.3, 0.4) is 0 Å². The quantitative estimate of drug-likeness (QED) is 0.349. The molecule has 1 N–H and O–H groups in total. The molecule has 9 heteroatoms. The summed E-state index contributed by atoms with van der Waals surface area (Å²) in [5, 5.41) is 3.73. The Kier molecular flexibility index (Phi) is 6.73. The molecular weight excluding hydrogens is 484 g/mol. The minimum Gasteiger partial charge on any atom is -0.493 e. The van der Waals surface area contributed by atoms with Crippen LogP contribution in [-0.2, 0) is 10.0 Å². The van der Waals surface area contributed by atoms with E-state index in [4.69, 9.17) is 9.47 Å². The topological polar surface area (TPSA) is 84.9 Å². The van der Waals surface area contributed by atoms with E-state index in [1.54, 1.807) is 24.3 Å². The third-order valence-electron chi connectivity index (χ3n) is 5.58. The Hall–Kier alpha value is -3.56. The number of rotatable bonds is 7. The van der Waals surface area contributed by atoms with Crippen molar-refractivity contribution in [2.24, 2.45) is 0 Å². The van der Waals surface area contributed by atoms with E-state index in [0.717, 1.165) is 26.9 Å². The molecule has 0 bridgehead atoms. The van der Waals surface area contributed by atoms with Crippen molar-refractivity contribution < 1.29 is 22.7 Å². The van der Waals surface area contributed by atoms with Gasteiger partial charge in [-0.25, -0.2) is 8.42 Å². The van der Waals surface area contributed by atoms with Gasteiger partial charge in [-0.2, -0.15) is 0 Å². The van der Waals surface area contributed by atoms with Crippen molar-refractivity contribution in [1.82, 2.24) is 0 Å². The molecule has 0 fully saturated rings. The fourth-order valence-corrected chi connectivity index (χ4v) is 5.99. The van der Waals surface area contributed by atoms with Crippen molar-refractivity contribution in [2.45, 2.75) is 18.7 Å². The first-order chi connectivity index (χ1) is 16.6. The Morgan fingerprint density at radius 3 is 2.23 bits per heavy atom. The maximum absolute atomic E-state index is 13.3. The lowest BCUT2D eigenvalue weighted by Crippen LogP contribution is -2.26. The molecule has 182 valence electrons. The predicted molar refractivity (Wildman–Crippen MR) is 141 cm³/mol. The number of amides is 1. The second-order valence-electron chi connectivity index (χ2n) is 8.15. The molecule has 1 heterocycles. The highest BCUT2D eigenvalue weighted by Gasteiger charge is 2.24. The summed E-state index contributed by atoms with van der Waals surface area (Å²) >= 11 is 1.36. The van der Waals surface area contributed by atoms with Crippen LogP contribution >= 0.6 is 11.3 Å². The number of fused-ring (bicyclic) bond motifs is 1. The summed E-state index contributed by atoms with van der Waals surface area (Å²) in [4.78, 5) is 13.5. The van der Waals surface area contributed by atoms with E-state index in [1.165, 1.54) is 49.0 Å². The number of thiophene rings is 1. The van der Waals surface area contributed by atoms with E-state index in [-0.39, 0.29) is 10.8 Å². The Balaban J connectivity index is 1.61. The summed E-state index contributed by atoms with van der Waals surface area (Å²) in [6.45, 7) is 3.96. The third-order valence-corrected chi connectivity index (χ3v) is 8.48. The second kappa shape index (κ2) is 9.59. The van der Waals surface area contributed by atoms with Gasteiger partial charge in [-0.3, -0.25) is 9.10 Å². The van der Waals surface area contributed by atoms with Crippen LogP contribution in [0, 0.1) is 13.8 Å². The van der Waals surface area contributed by atoms with Crippen LogP contribution in [0.4, 0.5) is 11.4 Å². The number of nitrogens with zero attached hydrogens (tertiary/aromatic N) is 1. The first-order valence-corrected chi connectivity index (χ1v) is 13.0. The minimum atomic E-state index is -3.85. The van der Waals surface area contributed by atoms with Crippen LogP contribution in [-0.4, -0.2) is 35.6 Å². The smallest absolute Gasteiger partial charge is 0.265 e. The third kappa shape index (κ3) is 4.96. The molecule has 0 aliphatic heterocycles. The van der Waals surface area contributed by atoms with Crippen molar-refractivity contribution in [3.8, 4) is 11.5 Å². The zero-order valence-corrected chi connectivity index (χ0v) is 21.7. The lowest BCUT2D eigenvalue weighted by molar-refractivity contribution is 0.103. The lowest BCUT2D eigenvalue weighted by Gasteiger charge is -2.20. The van der Waals surface area contributed by atoms with Crippen LogP contribution in [0.1, 0.15) is 20.8 Å². The largest absolute Gasteiger partial charge is 0.493 e. The maximum atomic E-state index is 13.3. The Morgan fingerprint density at radius 2 is 1.57 bits per heavy atom. The molecule has 0 aliphatic rings. The van der Waals surface area contributed by atoms with Crippen molar-refractivity contribution in [3.05, 3.63) is 76.7 Å². The molecule has 0 spiro atoms. The lowest BCUT2D eigenvalue weighted by atomic mass is 10.1. The van der Waals surface area contributed by atoms with Crippen LogP contribution in [0.2, 0.25) is 0 Å². The summed E-state index contributed by atoms with van der Waals surface area (Å²) in [5.41, 5.74) is 3.36. The molecule has 7 nitrogen and oxygen atoms in total. The zero-order valence-electron chi connectivity index (χ0n) is 20.1. The molecule has 4 aromatic rings. The van der Waals surface area contributed by atoms with Gasteiger partial charge in [0.15, 0.2) is 11.5 Å². The first kappa shape index (κ1) is 24.6. The summed E-state index contributed by atoms with van der Waals surface area (Å²) < 4.78 is 39.1. The van der Waals surface area contributed by atoms with E-state index in [0.29, 0.717) is 22.1 Å². The maximum Gasteiger partial charge on any atom is 0.265 e. The molecule has 0 radical (unpaired) electrons. The monoisotopic (exact) mass is 510 g/mol. The van der Waals surface area contributed by atoms with Gasteiger partial charge in [0.05, 0.1) is 29.7 Å². The summed E-state index contributed by atoms with van der Waals surface area (Å²) in [7, 11) is 0.584. The molecule has 1 amide bonds. The van der Waals surface area contributed by atoms with Gasteiger partial charge in [0.25, 0.3) is 15.9 Å². The molecule has 0 aliphatic carbocycles. The van der Waals surface area contributed by atoms with Gasteiger partial charge in [0.1, 0.15) is 0 Å². The van der Waals surface area contributed by atoms with Gasteiger partial charge in [0, 0.05) is 23.5 Å². The number of aryl methyl sites for hydroxylation is 2. The Bertz CT molecular complexity index is 1510. The second-order valence-corrected chi connectivity index (χ2v) is 11.2.